The summed E-state index contributed by atoms with van der Waals surface area (Å²) in [5, 5.41) is 1.00. The van der Waals surface area contributed by atoms with Crippen LogP contribution in [-0.4, -0.2) is 9.97 Å². The lowest BCUT2D eigenvalue weighted by molar-refractivity contribution is 0.892. The first-order chi connectivity index (χ1) is 8.61. The maximum Gasteiger partial charge on any atom is 0.124 e. The van der Waals surface area contributed by atoms with E-state index in [1.807, 2.05) is 0 Å². The molecule has 1 aromatic heterocycles. The van der Waals surface area contributed by atoms with Gasteiger partial charge in [-0.05, 0) is 13.3 Å². The van der Waals surface area contributed by atoms with Crippen LogP contribution >= 0.6 is 23.6 Å². The second-order valence-corrected chi connectivity index (χ2v) is 5.71. The molecule has 1 aromatic carbocycles. The van der Waals surface area contributed by atoms with Crippen LogP contribution in [0.1, 0.15) is 29.5 Å². The largest absolute Gasteiger partial charge is 0.389 e. The number of benzene rings is 1. The smallest absolute Gasteiger partial charge is 0.124 e. The maximum absolute atomic E-state index is 5.76. The number of thiocarbonyl (C=S) groups is 1. The Bertz CT molecular complexity index is 556. The third-order valence-corrected chi connectivity index (χ3v) is 4.22. The Kier molecular flexibility index (Phi) is 4.09. The molecule has 0 bridgehead atoms. The molecule has 0 amide bonds. The molecule has 0 aliphatic rings. The Morgan fingerprint density at radius 2 is 2.00 bits per heavy atom. The molecule has 4 heteroatoms. The summed E-state index contributed by atoms with van der Waals surface area (Å²) in [7, 11) is 0. The highest BCUT2D eigenvalue weighted by molar-refractivity contribution is 7.81. The van der Waals surface area contributed by atoms with E-state index in [0.717, 1.165) is 34.0 Å². The quantitative estimate of drug-likeness (QED) is 0.865. The maximum atomic E-state index is 5.76. The van der Waals surface area contributed by atoms with E-state index in [-0.39, 0.29) is 0 Å². The standard InChI is InChI=1S/C14H16N2S2/c1-3-4-11-12(13(15)17)18-14(16-11)10-7-5-9(2)6-8-10/h5-8H,3-4H2,1-2H3,(H2,15,17). The van der Waals surface area contributed by atoms with Crippen LogP contribution in [0.5, 0.6) is 0 Å². The van der Waals surface area contributed by atoms with Crippen molar-refractivity contribution >= 4 is 28.5 Å². The minimum atomic E-state index is 0.453. The molecule has 2 aromatic rings. The van der Waals surface area contributed by atoms with Gasteiger partial charge in [0.25, 0.3) is 0 Å². The van der Waals surface area contributed by atoms with Crippen LogP contribution in [0.2, 0.25) is 0 Å². The van der Waals surface area contributed by atoms with Crippen molar-refractivity contribution < 1.29 is 0 Å². The number of hydrogen-bond donors (Lipinski definition) is 1. The molecule has 1 heterocycles. The highest BCUT2D eigenvalue weighted by Crippen LogP contribution is 2.29. The Morgan fingerprint density at radius 1 is 1.33 bits per heavy atom. The Morgan fingerprint density at radius 3 is 2.56 bits per heavy atom. The van der Waals surface area contributed by atoms with Crippen molar-refractivity contribution in [1.29, 1.82) is 0 Å². The van der Waals surface area contributed by atoms with Crippen molar-refractivity contribution in [3.05, 3.63) is 40.4 Å². The lowest BCUT2D eigenvalue weighted by atomic mass is 10.1. The predicted molar refractivity (Wildman–Crippen MR) is 82.2 cm³/mol. The number of rotatable bonds is 4. The van der Waals surface area contributed by atoms with E-state index in [4.69, 9.17) is 18.0 Å². The molecule has 0 atom stereocenters. The van der Waals surface area contributed by atoms with Crippen molar-refractivity contribution in [2.75, 3.05) is 0 Å². The Hall–Kier alpha value is -1.26. The van der Waals surface area contributed by atoms with Gasteiger partial charge >= 0.3 is 0 Å². The van der Waals surface area contributed by atoms with Crippen molar-refractivity contribution in [1.82, 2.24) is 4.98 Å². The summed E-state index contributed by atoms with van der Waals surface area (Å²) in [5.74, 6) is 0. The summed E-state index contributed by atoms with van der Waals surface area (Å²) in [5.41, 5.74) is 9.17. The van der Waals surface area contributed by atoms with E-state index in [9.17, 15) is 0 Å². The van der Waals surface area contributed by atoms with E-state index in [2.05, 4.69) is 43.1 Å². The first-order valence-electron chi connectivity index (χ1n) is 5.98. The van der Waals surface area contributed by atoms with Gasteiger partial charge < -0.3 is 5.73 Å². The first kappa shape index (κ1) is 13.2. The summed E-state index contributed by atoms with van der Waals surface area (Å²) in [6, 6.07) is 8.37. The SMILES string of the molecule is CCCc1nc(-c2ccc(C)cc2)sc1C(N)=S. The number of nitrogens with two attached hydrogens (primary N) is 1. The molecule has 0 fully saturated rings. The molecule has 0 unspecified atom stereocenters. The minimum Gasteiger partial charge on any atom is -0.389 e. The molecule has 0 saturated heterocycles. The Labute approximate surface area is 117 Å². The predicted octanol–water partition coefficient (Wildman–Crippen LogP) is 3.71. The topological polar surface area (TPSA) is 38.9 Å². The van der Waals surface area contributed by atoms with E-state index in [1.165, 1.54) is 5.56 Å². The summed E-state index contributed by atoms with van der Waals surface area (Å²) < 4.78 is 0. The zero-order valence-electron chi connectivity index (χ0n) is 10.6. The molecular weight excluding hydrogens is 260 g/mol. The molecule has 94 valence electrons. The van der Waals surface area contributed by atoms with Gasteiger partial charge in [-0.2, -0.15) is 0 Å². The molecule has 0 aliphatic carbocycles. The summed E-state index contributed by atoms with van der Waals surface area (Å²) in [4.78, 5) is 6.09. The lowest BCUT2D eigenvalue weighted by Crippen LogP contribution is -2.09. The van der Waals surface area contributed by atoms with Crippen LogP contribution in [0.25, 0.3) is 10.6 Å². The highest BCUT2D eigenvalue weighted by atomic mass is 32.1. The van der Waals surface area contributed by atoms with Gasteiger partial charge in [0.2, 0.25) is 0 Å². The van der Waals surface area contributed by atoms with Crippen molar-refractivity contribution in [2.24, 2.45) is 5.73 Å². The van der Waals surface area contributed by atoms with E-state index in [0.29, 0.717) is 4.99 Å². The van der Waals surface area contributed by atoms with Gasteiger partial charge in [-0.1, -0.05) is 55.4 Å². The fourth-order valence-electron chi connectivity index (χ4n) is 1.77. The van der Waals surface area contributed by atoms with Crippen LogP contribution in [0.3, 0.4) is 0 Å². The van der Waals surface area contributed by atoms with E-state index < -0.39 is 0 Å². The van der Waals surface area contributed by atoms with E-state index >= 15 is 0 Å². The van der Waals surface area contributed by atoms with Gasteiger partial charge in [-0.25, -0.2) is 4.98 Å². The van der Waals surface area contributed by atoms with Gasteiger partial charge in [0.05, 0.1) is 10.6 Å². The van der Waals surface area contributed by atoms with Crippen LogP contribution < -0.4 is 5.73 Å². The number of aromatic nitrogens is 1. The second kappa shape index (κ2) is 5.59. The van der Waals surface area contributed by atoms with Crippen molar-refractivity contribution in [3.63, 3.8) is 0 Å². The number of aryl methyl sites for hydroxylation is 2. The number of thiazole rings is 1. The van der Waals surface area contributed by atoms with Gasteiger partial charge in [0, 0.05) is 5.56 Å². The summed E-state index contributed by atoms with van der Waals surface area (Å²) in [6.07, 6.45) is 1.97. The molecule has 0 radical (unpaired) electrons. The van der Waals surface area contributed by atoms with Crippen LogP contribution in [-0.2, 0) is 6.42 Å². The average molecular weight is 276 g/mol. The number of hydrogen-bond acceptors (Lipinski definition) is 3. The molecule has 0 aliphatic heterocycles. The third-order valence-electron chi connectivity index (χ3n) is 2.71. The molecule has 0 saturated carbocycles. The molecule has 0 spiro atoms. The monoisotopic (exact) mass is 276 g/mol. The summed E-state index contributed by atoms with van der Waals surface area (Å²) >= 11 is 6.69. The van der Waals surface area contributed by atoms with Crippen LogP contribution in [0.15, 0.2) is 24.3 Å². The molecular formula is C14H16N2S2. The van der Waals surface area contributed by atoms with Gasteiger partial charge in [0.1, 0.15) is 10.00 Å². The first-order valence-corrected chi connectivity index (χ1v) is 7.21. The van der Waals surface area contributed by atoms with Crippen LogP contribution in [0, 0.1) is 6.92 Å². The highest BCUT2D eigenvalue weighted by Gasteiger charge is 2.13. The zero-order valence-corrected chi connectivity index (χ0v) is 12.2. The third kappa shape index (κ3) is 2.76. The Balaban J connectivity index is 2.42. The summed E-state index contributed by atoms with van der Waals surface area (Å²) in [6.45, 7) is 4.21. The molecule has 18 heavy (non-hydrogen) atoms. The van der Waals surface area contributed by atoms with Crippen LogP contribution in [0.4, 0.5) is 0 Å². The molecule has 2 rings (SSSR count). The molecule has 2 N–H and O–H groups in total. The average Bonchev–Trinajstić information content (AvgIpc) is 2.75. The van der Waals surface area contributed by atoms with Crippen molar-refractivity contribution in [3.8, 4) is 10.6 Å². The fourth-order valence-corrected chi connectivity index (χ4v) is 2.98. The number of nitrogens with zero attached hydrogens (tertiary/aromatic N) is 1. The van der Waals surface area contributed by atoms with E-state index in [1.54, 1.807) is 11.3 Å². The van der Waals surface area contributed by atoms with Crippen molar-refractivity contribution in [2.45, 2.75) is 26.7 Å². The minimum absolute atomic E-state index is 0.453. The van der Waals surface area contributed by atoms with Gasteiger partial charge in [0.15, 0.2) is 0 Å². The van der Waals surface area contributed by atoms with Gasteiger partial charge in [-0.3, -0.25) is 0 Å². The van der Waals surface area contributed by atoms with Gasteiger partial charge in [-0.15, -0.1) is 11.3 Å². The normalized spacial score (nSPS) is 10.6. The molecule has 2 nitrogen and oxygen atoms in total. The zero-order chi connectivity index (χ0) is 13.1. The lowest BCUT2D eigenvalue weighted by Gasteiger charge is -1.96. The fraction of sp³-hybridized carbons (Fsp3) is 0.286. The second-order valence-electron chi connectivity index (χ2n) is 4.28.